The Morgan fingerprint density at radius 3 is 2.42 bits per heavy atom. The van der Waals surface area contributed by atoms with Crippen LogP contribution in [0.3, 0.4) is 0 Å². The van der Waals surface area contributed by atoms with E-state index in [0.717, 1.165) is 22.9 Å². The molecule has 0 aliphatic carbocycles. The smallest absolute Gasteiger partial charge is 0.213 e. The number of ether oxygens (including phenoxy) is 1. The second-order valence-electron chi connectivity index (χ2n) is 6.22. The Labute approximate surface area is 172 Å². The molecule has 0 saturated carbocycles. The Morgan fingerprint density at radius 1 is 1.23 bits per heavy atom. The molecular weight excluding hydrogens is 443 g/mol. The van der Waals surface area contributed by atoms with Crippen LogP contribution in [0.4, 0.5) is 0 Å². The summed E-state index contributed by atoms with van der Waals surface area (Å²) in [5.41, 5.74) is 4.45. The van der Waals surface area contributed by atoms with Crippen molar-refractivity contribution in [3.8, 4) is 5.88 Å². The molecule has 2 aromatic heterocycles. The molecule has 2 N–H and O–H groups in total. The van der Waals surface area contributed by atoms with Crippen molar-refractivity contribution in [3.63, 3.8) is 0 Å². The summed E-state index contributed by atoms with van der Waals surface area (Å²) < 4.78 is 7.45. The highest BCUT2D eigenvalue weighted by molar-refractivity contribution is 14.0. The fraction of sp³-hybridized carbons (Fsp3) is 0.500. The van der Waals surface area contributed by atoms with Crippen LogP contribution < -0.4 is 15.4 Å². The highest BCUT2D eigenvalue weighted by Gasteiger charge is 2.09. The number of aromatic nitrogens is 3. The number of aryl methyl sites for hydroxylation is 2. The lowest BCUT2D eigenvalue weighted by Gasteiger charge is -2.13. The van der Waals surface area contributed by atoms with Gasteiger partial charge in [0.2, 0.25) is 5.88 Å². The van der Waals surface area contributed by atoms with Gasteiger partial charge < -0.3 is 15.4 Å². The predicted octanol–water partition coefficient (Wildman–Crippen LogP) is 2.70. The summed E-state index contributed by atoms with van der Waals surface area (Å²) in [7, 11) is 3.72. The number of hydrogen-bond donors (Lipinski definition) is 2. The average Bonchev–Trinajstić information content (AvgIpc) is 2.81. The maximum absolute atomic E-state index is 5.55. The Hall–Kier alpha value is -1.84. The molecule has 0 aromatic carbocycles. The molecule has 0 aliphatic heterocycles. The van der Waals surface area contributed by atoms with Crippen molar-refractivity contribution in [1.82, 2.24) is 25.4 Å². The topological polar surface area (TPSA) is 76.4 Å². The number of guanidine groups is 1. The molecule has 0 amide bonds. The minimum atomic E-state index is 0. The molecule has 7 nitrogen and oxygen atoms in total. The number of nitrogens with zero attached hydrogens (tertiary/aromatic N) is 4. The van der Waals surface area contributed by atoms with Crippen molar-refractivity contribution < 1.29 is 4.74 Å². The Balaban J connectivity index is 0.00000338. The lowest BCUT2D eigenvalue weighted by Crippen LogP contribution is -2.36. The van der Waals surface area contributed by atoms with Gasteiger partial charge in [-0.25, -0.2) is 4.98 Å². The number of aliphatic imine (C=N–C) groups is 1. The molecule has 2 rings (SSSR count). The number of nitrogens with one attached hydrogen (secondary N) is 2. The second kappa shape index (κ2) is 10.3. The van der Waals surface area contributed by atoms with Crippen molar-refractivity contribution >= 4 is 29.9 Å². The summed E-state index contributed by atoms with van der Waals surface area (Å²) in [6, 6.07) is 3.88. The summed E-state index contributed by atoms with van der Waals surface area (Å²) in [6.07, 6.45) is 1.94. The largest absolute Gasteiger partial charge is 0.475 e. The molecule has 0 atom stereocenters. The van der Waals surface area contributed by atoms with E-state index in [0.29, 0.717) is 19.0 Å². The first-order chi connectivity index (χ1) is 11.9. The van der Waals surface area contributed by atoms with Crippen LogP contribution in [0.1, 0.15) is 36.4 Å². The summed E-state index contributed by atoms with van der Waals surface area (Å²) >= 11 is 0. The first-order valence-electron chi connectivity index (χ1n) is 8.46. The van der Waals surface area contributed by atoms with Crippen LogP contribution in [-0.2, 0) is 20.1 Å². The van der Waals surface area contributed by atoms with Crippen LogP contribution in [0.25, 0.3) is 0 Å². The Morgan fingerprint density at radius 2 is 1.92 bits per heavy atom. The molecular formula is C18H29IN6O. The fourth-order valence-corrected chi connectivity index (χ4v) is 2.48. The van der Waals surface area contributed by atoms with Gasteiger partial charge in [-0.1, -0.05) is 6.07 Å². The third-order valence-corrected chi connectivity index (χ3v) is 3.93. The van der Waals surface area contributed by atoms with Gasteiger partial charge in [0, 0.05) is 50.7 Å². The van der Waals surface area contributed by atoms with Gasteiger partial charge >= 0.3 is 0 Å². The van der Waals surface area contributed by atoms with E-state index >= 15 is 0 Å². The van der Waals surface area contributed by atoms with E-state index in [9.17, 15) is 0 Å². The SMILES string of the molecule is CN=C(NCc1ccc(OC(C)C)nc1)NCc1c(C)nn(C)c1C.I. The van der Waals surface area contributed by atoms with Crippen molar-refractivity contribution in [3.05, 3.63) is 40.8 Å². The van der Waals surface area contributed by atoms with Crippen molar-refractivity contribution in [2.45, 2.75) is 46.9 Å². The molecule has 0 spiro atoms. The predicted molar refractivity (Wildman–Crippen MR) is 115 cm³/mol. The highest BCUT2D eigenvalue weighted by Crippen LogP contribution is 2.11. The van der Waals surface area contributed by atoms with Crippen LogP contribution in [0.15, 0.2) is 23.3 Å². The van der Waals surface area contributed by atoms with Gasteiger partial charge in [0.15, 0.2) is 5.96 Å². The van der Waals surface area contributed by atoms with Gasteiger partial charge in [-0.2, -0.15) is 5.10 Å². The highest BCUT2D eigenvalue weighted by atomic mass is 127. The van der Waals surface area contributed by atoms with Gasteiger partial charge in [0.25, 0.3) is 0 Å². The molecule has 26 heavy (non-hydrogen) atoms. The van der Waals surface area contributed by atoms with Crippen LogP contribution in [0, 0.1) is 13.8 Å². The monoisotopic (exact) mass is 472 g/mol. The maximum atomic E-state index is 5.55. The third-order valence-electron chi connectivity index (χ3n) is 3.93. The zero-order valence-electron chi connectivity index (χ0n) is 16.3. The third kappa shape index (κ3) is 6.15. The van der Waals surface area contributed by atoms with Gasteiger partial charge in [0.1, 0.15) is 0 Å². The molecule has 0 fully saturated rings. The van der Waals surface area contributed by atoms with E-state index in [1.807, 2.05) is 50.8 Å². The van der Waals surface area contributed by atoms with E-state index in [4.69, 9.17) is 4.74 Å². The summed E-state index contributed by atoms with van der Waals surface area (Å²) in [4.78, 5) is 8.57. The molecule has 0 aliphatic rings. The van der Waals surface area contributed by atoms with Crippen molar-refractivity contribution in [2.24, 2.45) is 12.0 Å². The summed E-state index contributed by atoms with van der Waals surface area (Å²) in [5, 5.41) is 11.1. The Kier molecular flexibility index (Phi) is 8.83. The van der Waals surface area contributed by atoms with Crippen LogP contribution in [0.2, 0.25) is 0 Å². The average molecular weight is 472 g/mol. The van der Waals surface area contributed by atoms with Crippen molar-refractivity contribution in [1.29, 1.82) is 0 Å². The van der Waals surface area contributed by atoms with Crippen molar-refractivity contribution in [2.75, 3.05) is 7.05 Å². The number of rotatable bonds is 6. The molecule has 0 saturated heterocycles. The van der Waals surface area contributed by atoms with Crippen LogP contribution >= 0.6 is 24.0 Å². The molecule has 0 unspecified atom stereocenters. The number of halogens is 1. The van der Waals surface area contributed by atoms with Crippen LogP contribution in [-0.4, -0.2) is 33.9 Å². The molecule has 8 heteroatoms. The Bertz CT molecular complexity index is 724. The van der Waals surface area contributed by atoms with E-state index in [1.54, 1.807) is 7.05 Å². The molecule has 2 aromatic rings. The minimum Gasteiger partial charge on any atom is -0.475 e. The normalized spacial score (nSPS) is 11.3. The molecule has 0 radical (unpaired) electrons. The lowest BCUT2D eigenvalue weighted by atomic mass is 10.2. The van der Waals surface area contributed by atoms with Gasteiger partial charge in [-0.3, -0.25) is 9.67 Å². The standard InChI is InChI=1S/C18H28N6O.HI/c1-12(2)25-17-8-7-15(9-20-17)10-21-18(19-5)22-11-16-13(3)23-24(6)14(16)4;/h7-9,12H,10-11H2,1-6H3,(H2,19,21,22);1H. The van der Waals surface area contributed by atoms with E-state index in [1.165, 1.54) is 5.56 Å². The number of hydrogen-bond acceptors (Lipinski definition) is 4. The molecule has 144 valence electrons. The lowest BCUT2D eigenvalue weighted by molar-refractivity contribution is 0.232. The minimum absolute atomic E-state index is 0. The van der Waals surface area contributed by atoms with E-state index < -0.39 is 0 Å². The first kappa shape index (κ1) is 22.2. The van der Waals surface area contributed by atoms with E-state index in [-0.39, 0.29) is 30.1 Å². The fourth-order valence-electron chi connectivity index (χ4n) is 2.48. The van der Waals surface area contributed by atoms with Crippen LogP contribution in [0.5, 0.6) is 5.88 Å². The van der Waals surface area contributed by atoms with Gasteiger partial charge in [0.05, 0.1) is 11.8 Å². The van der Waals surface area contributed by atoms with E-state index in [2.05, 4.69) is 32.6 Å². The summed E-state index contributed by atoms with van der Waals surface area (Å²) in [5.74, 6) is 1.38. The maximum Gasteiger partial charge on any atom is 0.213 e. The quantitative estimate of drug-likeness (QED) is 0.384. The molecule has 2 heterocycles. The van der Waals surface area contributed by atoms with Gasteiger partial charge in [-0.15, -0.1) is 24.0 Å². The first-order valence-corrected chi connectivity index (χ1v) is 8.46. The second-order valence-corrected chi connectivity index (χ2v) is 6.22. The zero-order valence-corrected chi connectivity index (χ0v) is 18.7. The number of pyridine rings is 1. The van der Waals surface area contributed by atoms with Gasteiger partial charge in [-0.05, 0) is 33.3 Å². The molecule has 0 bridgehead atoms. The summed E-state index contributed by atoms with van der Waals surface area (Å²) in [6.45, 7) is 9.38. The zero-order chi connectivity index (χ0) is 18.4.